The van der Waals surface area contributed by atoms with Crippen LogP contribution in [0, 0.1) is 0 Å². The van der Waals surface area contributed by atoms with Crippen LogP contribution in [-0.2, 0) is 19.6 Å². The lowest BCUT2D eigenvalue weighted by atomic mass is 9.81. The van der Waals surface area contributed by atoms with E-state index in [1.165, 1.54) is 0 Å². The molecule has 1 heterocycles. The van der Waals surface area contributed by atoms with Gasteiger partial charge in [-0.3, -0.25) is 4.79 Å². The molecule has 7 heteroatoms. The number of hydrogen-bond donors (Lipinski definition) is 1. The zero-order valence-corrected chi connectivity index (χ0v) is 13.9. The number of rotatable bonds is 3. The number of nitrogens with one attached hydrogen (secondary N) is 1. The second kappa shape index (κ2) is 6.22. The monoisotopic (exact) mass is 318 g/mol. The maximum Gasteiger partial charge on any atom is 0.244 e. The van der Waals surface area contributed by atoms with Gasteiger partial charge in [0.1, 0.15) is 5.54 Å². The quantitative estimate of drug-likeness (QED) is 0.838. The second-order valence-electron chi connectivity index (χ2n) is 6.48. The van der Waals surface area contributed by atoms with Crippen molar-refractivity contribution < 1.29 is 17.9 Å². The molecule has 0 unspecified atom stereocenters. The fourth-order valence-corrected chi connectivity index (χ4v) is 4.52. The van der Waals surface area contributed by atoms with Crippen molar-refractivity contribution in [3.8, 4) is 0 Å². The lowest BCUT2D eigenvalue weighted by molar-refractivity contribution is -0.150. The van der Waals surface area contributed by atoms with Crippen molar-refractivity contribution in [3.63, 3.8) is 0 Å². The summed E-state index contributed by atoms with van der Waals surface area (Å²) < 4.78 is 31.7. The van der Waals surface area contributed by atoms with Gasteiger partial charge < -0.3 is 9.64 Å². The van der Waals surface area contributed by atoms with Crippen LogP contribution >= 0.6 is 0 Å². The van der Waals surface area contributed by atoms with Crippen LogP contribution in [0.1, 0.15) is 46.0 Å². The number of hydrogen-bond acceptors (Lipinski definition) is 4. The van der Waals surface area contributed by atoms with Gasteiger partial charge in [0, 0.05) is 13.1 Å². The number of sulfonamides is 1. The minimum atomic E-state index is -3.42. The molecule has 1 amide bonds. The largest absolute Gasteiger partial charge is 0.372 e. The Morgan fingerprint density at radius 2 is 1.67 bits per heavy atom. The number of carbonyl (C=O) groups excluding carboxylic acids is 1. The first kappa shape index (κ1) is 16.7. The highest BCUT2D eigenvalue weighted by Crippen LogP contribution is 2.31. The van der Waals surface area contributed by atoms with E-state index in [0.717, 1.165) is 25.5 Å². The van der Waals surface area contributed by atoms with Crippen molar-refractivity contribution in [3.05, 3.63) is 0 Å². The molecule has 2 fully saturated rings. The Labute approximate surface area is 127 Å². The Balaban J connectivity index is 2.21. The Morgan fingerprint density at radius 3 is 2.14 bits per heavy atom. The molecule has 1 N–H and O–H groups in total. The summed E-state index contributed by atoms with van der Waals surface area (Å²) in [6.07, 6.45) is 5.07. The lowest BCUT2D eigenvalue weighted by Gasteiger charge is -2.43. The molecule has 1 aliphatic heterocycles. The molecule has 6 nitrogen and oxygen atoms in total. The van der Waals surface area contributed by atoms with Gasteiger partial charge in [0.25, 0.3) is 0 Å². The molecule has 0 aromatic heterocycles. The van der Waals surface area contributed by atoms with Gasteiger partial charge in [-0.05, 0) is 26.7 Å². The van der Waals surface area contributed by atoms with Crippen molar-refractivity contribution in [1.29, 1.82) is 0 Å². The molecule has 1 aliphatic carbocycles. The van der Waals surface area contributed by atoms with Crippen molar-refractivity contribution >= 4 is 15.9 Å². The van der Waals surface area contributed by atoms with Crippen molar-refractivity contribution in [2.45, 2.75) is 63.7 Å². The average Bonchev–Trinajstić information content (AvgIpc) is 2.35. The Hall–Kier alpha value is -0.660. The zero-order valence-electron chi connectivity index (χ0n) is 13.1. The number of morpholine rings is 1. The summed E-state index contributed by atoms with van der Waals surface area (Å²) in [5, 5.41) is 0. The highest BCUT2D eigenvalue weighted by atomic mass is 32.2. The number of amides is 1. The molecule has 2 rings (SSSR count). The molecule has 0 aromatic rings. The molecule has 21 heavy (non-hydrogen) atoms. The van der Waals surface area contributed by atoms with Gasteiger partial charge >= 0.3 is 0 Å². The second-order valence-corrected chi connectivity index (χ2v) is 8.23. The molecule has 0 radical (unpaired) electrons. The Bertz CT molecular complexity index is 475. The van der Waals surface area contributed by atoms with E-state index in [1.54, 1.807) is 4.90 Å². The van der Waals surface area contributed by atoms with E-state index in [4.69, 9.17) is 4.74 Å². The summed E-state index contributed by atoms with van der Waals surface area (Å²) in [5.41, 5.74) is -0.956. The van der Waals surface area contributed by atoms with Crippen LogP contribution in [0.25, 0.3) is 0 Å². The van der Waals surface area contributed by atoms with E-state index in [-0.39, 0.29) is 18.1 Å². The highest BCUT2D eigenvalue weighted by Gasteiger charge is 2.45. The molecule has 1 saturated carbocycles. The third-order valence-corrected chi connectivity index (χ3v) is 4.97. The first-order valence-corrected chi connectivity index (χ1v) is 9.55. The van der Waals surface area contributed by atoms with Crippen LogP contribution in [0.5, 0.6) is 0 Å². The van der Waals surface area contributed by atoms with Crippen LogP contribution < -0.4 is 4.72 Å². The fourth-order valence-electron chi connectivity index (χ4n) is 3.52. The summed E-state index contributed by atoms with van der Waals surface area (Å²) in [6, 6.07) is 0. The zero-order chi connectivity index (χ0) is 15.7. The van der Waals surface area contributed by atoms with E-state index in [1.807, 2.05) is 13.8 Å². The minimum Gasteiger partial charge on any atom is -0.372 e. The maximum absolute atomic E-state index is 13.0. The number of ether oxygens (including phenoxy) is 1. The van der Waals surface area contributed by atoms with Crippen LogP contribution in [0.4, 0.5) is 0 Å². The summed E-state index contributed by atoms with van der Waals surface area (Å²) >= 11 is 0. The summed E-state index contributed by atoms with van der Waals surface area (Å²) in [6.45, 7) is 4.92. The summed E-state index contributed by atoms with van der Waals surface area (Å²) in [5.74, 6) is -0.0883. The third-order valence-electron chi connectivity index (χ3n) is 4.20. The van der Waals surface area contributed by atoms with Crippen LogP contribution in [0.15, 0.2) is 0 Å². The van der Waals surface area contributed by atoms with Crippen molar-refractivity contribution in [2.75, 3.05) is 19.3 Å². The molecular weight excluding hydrogens is 292 g/mol. The van der Waals surface area contributed by atoms with Gasteiger partial charge in [-0.25, -0.2) is 8.42 Å². The van der Waals surface area contributed by atoms with Crippen molar-refractivity contribution in [1.82, 2.24) is 9.62 Å². The van der Waals surface area contributed by atoms with E-state index in [2.05, 4.69) is 4.72 Å². The lowest BCUT2D eigenvalue weighted by Crippen LogP contribution is -2.63. The molecule has 2 aliphatic rings. The first-order chi connectivity index (χ1) is 9.72. The Morgan fingerprint density at radius 1 is 1.14 bits per heavy atom. The molecule has 0 aromatic carbocycles. The minimum absolute atomic E-state index is 0.0171. The smallest absolute Gasteiger partial charge is 0.244 e. The molecule has 1 saturated heterocycles. The summed E-state index contributed by atoms with van der Waals surface area (Å²) in [4.78, 5) is 14.8. The summed E-state index contributed by atoms with van der Waals surface area (Å²) in [7, 11) is -3.42. The number of carbonyl (C=O) groups is 1. The van der Waals surface area contributed by atoms with Gasteiger partial charge in [-0.1, -0.05) is 19.3 Å². The van der Waals surface area contributed by atoms with Crippen LogP contribution in [0.2, 0.25) is 0 Å². The standard InChI is InChI=1S/C14H26N2O4S/c1-11-9-16(10-12(2)20-11)13(17)14(15-21(3,18)19)7-5-4-6-8-14/h11-12,15H,4-10H2,1-3H3/t11-,12-/m0/s1. The highest BCUT2D eigenvalue weighted by molar-refractivity contribution is 7.88. The fraction of sp³-hybridized carbons (Fsp3) is 0.929. The molecule has 0 bridgehead atoms. The first-order valence-electron chi connectivity index (χ1n) is 7.66. The van der Waals surface area contributed by atoms with Crippen molar-refractivity contribution in [2.24, 2.45) is 0 Å². The molecular formula is C14H26N2O4S. The van der Waals surface area contributed by atoms with Gasteiger partial charge in [0.05, 0.1) is 18.5 Å². The number of nitrogens with zero attached hydrogens (tertiary/aromatic N) is 1. The maximum atomic E-state index is 13.0. The van der Waals surface area contributed by atoms with Crippen LogP contribution in [0.3, 0.4) is 0 Å². The molecule has 2 atom stereocenters. The predicted molar refractivity (Wildman–Crippen MR) is 80.4 cm³/mol. The molecule has 122 valence electrons. The molecule has 0 spiro atoms. The van der Waals surface area contributed by atoms with Gasteiger partial charge in [-0.15, -0.1) is 0 Å². The average molecular weight is 318 g/mol. The Kier molecular flexibility index (Phi) is 4.95. The van der Waals surface area contributed by atoms with Gasteiger partial charge in [0.2, 0.25) is 15.9 Å². The van der Waals surface area contributed by atoms with E-state index in [0.29, 0.717) is 25.9 Å². The van der Waals surface area contributed by atoms with E-state index < -0.39 is 15.6 Å². The topological polar surface area (TPSA) is 75.7 Å². The third kappa shape index (κ3) is 4.17. The predicted octanol–water partition coefficient (Wildman–Crippen LogP) is 0.874. The van der Waals surface area contributed by atoms with Gasteiger partial charge in [0.15, 0.2) is 0 Å². The normalized spacial score (nSPS) is 30.1. The van der Waals surface area contributed by atoms with E-state index in [9.17, 15) is 13.2 Å². The SMILES string of the molecule is C[C@H]1CN(C(=O)C2(NS(C)(=O)=O)CCCCC2)C[C@H](C)O1. The van der Waals surface area contributed by atoms with Crippen LogP contribution in [-0.4, -0.2) is 56.3 Å². The van der Waals surface area contributed by atoms with Gasteiger partial charge in [-0.2, -0.15) is 4.72 Å². The van der Waals surface area contributed by atoms with E-state index >= 15 is 0 Å².